The Morgan fingerprint density at radius 1 is 1.36 bits per heavy atom. The van der Waals surface area contributed by atoms with Gasteiger partial charge in [-0.3, -0.25) is 9.36 Å². The fourth-order valence-corrected chi connectivity index (χ4v) is 3.63. The summed E-state index contributed by atoms with van der Waals surface area (Å²) in [5.74, 6) is 0.765. The number of hydrogen-bond donors (Lipinski definition) is 3. The van der Waals surface area contributed by atoms with Gasteiger partial charge in [-0.2, -0.15) is 9.97 Å². The first-order chi connectivity index (χ1) is 10.7. The van der Waals surface area contributed by atoms with E-state index in [1.54, 1.807) is 0 Å². The third-order valence-electron chi connectivity index (χ3n) is 3.97. The lowest BCUT2D eigenvalue weighted by Gasteiger charge is -2.14. The number of fused-ring (bicyclic) bond motifs is 1. The van der Waals surface area contributed by atoms with Crippen molar-refractivity contribution in [3.8, 4) is 0 Å². The molecule has 3 heterocycles. The summed E-state index contributed by atoms with van der Waals surface area (Å²) >= 11 is 1.10. The van der Waals surface area contributed by atoms with Crippen molar-refractivity contribution in [2.45, 2.75) is 44.1 Å². The highest BCUT2D eigenvalue weighted by molar-refractivity contribution is 7.17. The second-order valence-electron chi connectivity index (χ2n) is 5.71. The topological polar surface area (TPSA) is 115 Å². The number of nitrogens with one attached hydrogen (secondary N) is 1. The Hall–Kier alpha value is -1.71. The fraction of sp³-hybridized carbons (Fsp3) is 0.615. The van der Waals surface area contributed by atoms with E-state index in [2.05, 4.69) is 15.3 Å². The normalized spacial score (nSPS) is 25.0. The van der Waals surface area contributed by atoms with Crippen LogP contribution in [0.4, 0.5) is 11.8 Å². The number of rotatable bonds is 4. The van der Waals surface area contributed by atoms with Crippen LogP contribution < -0.4 is 15.9 Å². The van der Waals surface area contributed by atoms with Gasteiger partial charge in [0.2, 0.25) is 5.95 Å². The van der Waals surface area contributed by atoms with Crippen molar-refractivity contribution in [3.05, 3.63) is 9.67 Å². The van der Waals surface area contributed by atoms with E-state index in [4.69, 9.17) is 10.5 Å². The van der Waals surface area contributed by atoms with E-state index in [9.17, 15) is 9.90 Å². The Labute approximate surface area is 129 Å². The van der Waals surface area contributed by atoms with Crippen LogP contribution in [0.15, 0.2) is 4.79 Å². The minimum Gasteiger partial charge on any atom is -0.394 e. The predicted molar refractivity (Wildman–Crippen MR) is 83.0 cm³/mol. The van der Waals surface area contributed by atoms with Gasteiger partial charge in [-0.15, -0.1) is 0 Å². The SMILES string of the molecule is Nc1nc(NC2CC2)c2sc(=O)n([C@H]3CC[C@@H](CO)O3)c2n1. The van der Waals surface area contributed by atoms with Gasteiger partial charge in [0, 0.05) is 6.04 Å². The minimum absolute atomic E-state index is 0.0427. The largest absolute Gasteiger partial charge is 0.394 e. The van der Waals surface area contributed by atoms with Gasteiger partial charge in [-0.25, -0.2) is 0 Å². The lowest BCUT2D eigenvalue weighted by molar-refractivity contribution is -0.0214. The molecular weight excluding hydrogens is 306 g/mol. The first-order valence-corrected chi connectivity index (χ1v) is 8.18. The third kappa shape index (κ3) is 2.34. The molecule has 4 rings (SSSR count). The quantitative estimate of drug-likeness (QED) is 0.757. The van der Waals surface area contributed by atoms with E-state index in [0.29, 0.717) is 28.6 Å². The maximum Gasteiger partial charge on any atom is 0.311 e. The molecule has 0 radical (unpaired) electrons. The van der Waals surface area contributed by atoms with E-state index in [0.717, 1.165) is 30.6 Å². The maximum atomic E-state index is 12.4. The Morgan fingerprint density at radius 3 is 2.86 bits per heavy atom. The number of nitrogens with two attached hydrogens (primary N) is 1. The number of nitrogen functional groups attached to an aromatic ring is 1. The maximum absolute atomic E-state index is 12.4. The number of anilines is 2. The molecule has 1 saturated carbocycles. The van der Waals surface area contributed by atoms with Crippen LogP contribution in [0.25, 0.3) is 10.3 Å². The molecule has 1 saturated heterocycles. The molecular formula is C13H17N5O3S. The summed E-state index contributed by atoms with van der Waals surface area (Å²) in [5.41, 5.74) is 6.31. The van der Waals surface area contributed by atoms with Crippen molar-refractivity contribution in [1.82, 2.24) is 14.5 Å². The lowest BCUT2D eigenvalue weighted by atomic mass is 10.2. The predicted octanol–water partition coefficient (Wildman–Crippen LogP) is 0.679. The summed E-state index contributed by atoms with van der Waals surface area (Å²) in [6, 6.07) is 0.407. The van der Waals surface area contributed by atoms with Gasteiger partial charge in [0.25, 0.3) is 0 Å². The van der Waals surface area contributed by atoms with E-state index < -0.39 is 6.23 Å². The molecule has 22 heavy (non-hydrogen) atoms. The average Bonchev–Trinajstić information content (AvgIpc) is 3.06. The summed E-state index contributed by atoms with van der Waals surface area (Å²) in [6.45, 7) is -0.0427. The molecule has 118 valence electrons. The van der Waals surface area contributed by atoms with Crippen LogP contribution in [0.1, 0.15) is 31.9 Å². The molecule has 2 aromatic rings. The number of hydrogen-bond acceptors (Lipinski definition) is 8. The van der Waals surface area contributed by atoms with Crippen LogP contribution in [-0.2, 0) is 4.74 Å². The highest BCUT2D eigenvalue weighted by atomic mass is 32.1. The van der Waals surface area contributed by atoms with Gasteiger partial charge >= 0.3 is 4.87 Å². The molecule has 0 bridgehead atoms. The second kappa shape index (κ2) is 5.18. The molecule has 9 heteroatoms. The molecule has 2 atom stereocenters. The zero-order chi connectivity index (χ0) is 15.3. The highest BCUT2D eigenvalue weighted by Crippen LogP contribution is 2.34. The zero-order valence-electron chi connectivity index (χ0n) is 11.9. The standard InChI is InChI=1S/C13H17N5O3S/c14-12-16-10(15-6-1-2-6)9-11(17-12)18(13(20)22-9)8-4-3-7(5-19)21-8/h6-8,19H,1-5H2,(H3,14,15,16,17)/t7-,8+/m0/s1. The molecule has 1 aliphatic carbocycles. The highest BCUT2D eigenvalue weighted by Gasteiger charge is 2.30. The Kier molecular flexibility index (Phi) is 3.28. The molecule has 0 unspecified atom stereocenters. The summed E-state index contributed by atoms with van der Waals surface area (Å²) < 4.78 is 7.96. The van der Waals surface area contributed by atoms with E-state index in [-0.39, 0.29) is 23.5 Å². The summed E-state index contributed by atoms with van der Waals surface area (Å²) in [4.78, 5) is 20.7. The van der Waals surface area contributed by atoms with Crippen molar-refractivity contribution in [2.24, 2.45) is 0 Å². The van der Waals surface area contributed by atoms with Crippen molar-refractivity contribution < 1.29 is 9.84 Å². The summed E-state index contributed by atoms with van der Waals surface area (Å²) in [5, 5.41) is 12.5. The Bertz CT molecular complexity index is 769. The summed E-state index contributed by atoms with van der Waals surface area (Å²) in [6.07, 6.45) is 2.97. The molecule has 0 amide bonds. The number of ether oxygens (including phenoxy) is 1. The van der Waals surface area contributed by atoms with Crippen LogP contribution in [-0.4, -0.2) is 38.4 Å². The van der Waals surface area contributed by atoms with Gasteiger partial charge in [-0.05, 0) is 25.7 Å². The third-order valence-corrected chi connectivity index (χ3v) is 4.93. The first kappa shape index (κ1) is 13.9. The molecule has 0 aromatic carbocycles. The van der Waals surface area contributed by atoms with Gasteiger partial charge in [0.1, 0.15) is 10.9 Å². The molecule has 4 N–H and O–H groups in total. The van der Waals surface area contributed by atoms with E-state index in [1.165, 1.54) is 4.57 Å². The number of thiazole rings is 1. The molecule has 0 spiro atoms. The Balaban J connectivity index is 1.79. The Morgan fingerprint density at radius 2 is 2.18 bits per heavy atom. The van der Waals surface area contributed by atoms with Crippen molar-refractivity contribution >= 4 is 33.5 Å². The van der Waals surface area contributed by atoms with Gasteiger partial charge < -0.3 is 20.9 Å². The van der Waals surface area contributed by atoms with Crippen molar-refractivity contribution in [1.29, 1.82) is 0 Å². The first-order valence-electron chi connectivity index (χ1n) is 7.37. The van der Waals surface area contributed by atoms with Crippen LogP contribution in [0.5, 0.6) is 0 Å². The minimum atomic E-state index is -0.401. The number of nitrogens with zero attached hydrogens (tertiary/aromatic N) is 3. The van der Waals surface area contributed by atoms with Gasteiger partial charge in [0.15, 0.2) is 11.5 Å². The summed E-state index contributed by atoms with van der Waals surface area (Å²) in [7, 11) is 0. The second-order valence-corrected chi connectivity index (χ2v) is 6.67. The van der Waals surface area contributed by atoms with E-state index in [1.807, 2.05) is 0 Å². The molecule has 1 aliphatic heterocycles. The molecule has 2 fully saturated rings. The van der Waals surface area contributed by atoms with Gasteiger partial charge in [0.05, 0.1) is 12.7 Å². The molecule has 8 nitrogen and oxygen atoms in total. The number of aliphatic hydroxyl groups excluding tert-OH is 1. The zero-order valence-corrected chi connectivity index (χ0v) is 12.7. The molecule has 2 aromatic heterocycles. The van der Waals surface area contributed by atoms with Crippen molar-refractivity contribution in [3.63, 3.8) is 0 Å². The molecule has 2 aliphatic rings. The number of aliphatic hydroxyl groups is 1. The number of aromatic nitrogens is 3. The van der Waals surface area contributed by atoms with Crippen molar-refractivity contribution in [2.75, 3.05) is 17.7 Å². The smallest absolute Gasteiger partial charge is 0.311 e. The van der Waals surface area contributed by atoms with Crippen LogP contribution in [0.3, 0.4) is 0 Å². The lowest BCUT2D eigenvalue weighted by Crippen LogP contribution is -2.21. The van der Waals surface area contributed by atoms with Gasteiger partial charge in [-0.1, -0.05) is 11.3 Å². The average molecular weight is 323 g/mol. The van der Waals surface area contributed by atoms with Crippen LogP contribution in [0, 0.1) is 0 Å². The fourth-order valence-electron chi connectivity index (χ4n) is 2.72. The monoisotopic (exact) mass is 323 g/mol. The van der Waals surface area contributed by atoms with E-state index >= 15 is 0 Å². The van der Waals surface area contributed by atoms with Crippen LogP contribution >= 0.6 is 11.3 Å². The van der Waals surface area contributed by atoms with Crippen LogP contribution in [0.2, 0.25) is 0 Å².